The fraction of sp³-hybridized carbons (Fsp3) is 0.304. The largest absolute Gasteiger partial charge is 0.490 e. The first-order chi connectivity index (χ1) is 14.8. The number of benzene rings is 2. The predicted octanol–water partition coefficient (Wildman–Crippen LogP) is 2.09. The summed E-state index contributed by atoms with van der Waals surface area (Å²) < 4.78 is 21.2. The molecule has 0 fully saturated rings. The van der Waals surface area contributed by atoms with Crippen molar-refractivity contribution in [2.45, 2.75) is 19.1 Å². The molecule has 2 N–H and O–H groups in total. The zero-order chi connectivity index (χ0) is 22.8. The number of ether oxygens (including phenoxy) is 4. The molecule has 166 valence electrons. The standard InChI is InChI=1S/C23H26O8/c1-4-21(26)29-12-16(24)11-28-20-10-15(3)23(19-9-7-6-8-18(19)20)31-14-17(25)13-30-22(27)5-2/h4-10,16-17,24-25H,1-2,11-14H2,3H3. The van der Waals surface area contributed by atoms with Crippen LogP contribution in [-0.2, 0) is 19.1 Å². The van der Waals surface area contributed by atoms with Gasteiger partial charge in [-0.15, -0.1) is 0 Å². The maximum absolute atomic E-state index is 11.1. The summed E-state index contributed by atoms with van der Waals surface area (Å²) in [6.45, 7) is 7.82. The van der Waals surface area contributed by atoms with Crippen LogP contribution in [0, 0.1) is 6.92 Å². The summed E-state index contributed by atoms with van der Waals surface area (Å²) in [5.41, 5.74) is 0.747. The van der Waals surface area contributed by atoms with Gasteiger partial charge in [0.05, 0.1) is 0 Å². The van der Waals surface area contributed by atoms with Crippen LogP contribution in [0.2, 0.25) is 0 Å². The highest BCUT2D eigenvalue weighted by molar-refractivity contribution is 5.94. The Hall–Kier alpha value is -3.36. The monoisotopic (exact) mass is 430 g/mol. The molecule has 8 heteroatoms. The average molecular weight is 430 g/mol. The molecule has 0 saturated carbocycles. The van der Waals surface area contributed by atoms with Crippen LogP contribution in [0.3, 0.4) is 0 Å². The van der Waals surface area contributed by atoms with Crippen molar-refractivity contribution in [3.63, 3.8) is 0 Å². The van der Waals surface area contributed by atoms with Gasteiger partial charge in [-0.1, -0.05) is 37.4 Å². The maximum Gasteiger partial charge on any atom is 0.330 e. The molecule has 2 rings (SSSR count). The molecule has 2 aromatic carbocycles. The fourth-order valence-electron chi connectivity index (χ4n) is 2.70. The first kappa shape index (κ1) is 23.9. The van der Waals surface area contributed by atoms with Crippen molar-refractivity contribution in [3.05, 3.63) is 61.2 Å². The quantitative estimate of drug-likeness (QED) is 0.389. The summed E-state index contributed by atoms with van der Waals surface area (Å²) in [6.07, 6.45) is 0.0206. The van der Waals surface area contributed by atoms with Crippen molar-refractivity contribution in [2.75, 3.05) is 26.4 Å². The van der Waals surface area contributed by atoms with Gasteiger partial charge in [0, 0.05) is 22.9 Å². The predicted molar refractivity (Wildman–Crippen MR) is 114 cm³/mol. The lowest BCUT2D eigenvalue weighted by Crippen LogP contribution is -2.25. The molecule has 2 unspecified atom stereocenters. The number of rotatable bonds is 12. The number of fused-ring (bicyclic) bond motifs is 1. The molecular weight excluding hydrogens is 404 g/mol. The van der Waals surface area contributed by atoms with Crippen molar-refractivity contribution >= 4 is 22.7 Å². The van der Waals surface area contributed by atoms with E-state index < -0.39 is 24.1 Å². The van der Waals surface area contributed by atoms with Gasteiger partial charge in [0.1, 0.15) is 50.1 Å². The van der Waals surface area contributed by atoms with Crippen molar-refractivity contribution < 1.29 is 38.7 Å². The van der Waals surface area contributed by atoms with Crippen molar-refractivity contribution in [3.8, 4) is 11.5 Å². The zero-order valence-corrected chi connectivity index (χ0v) is 17.3. The number of carbonyl (C=O) groups excluding carboxylic acids is 2. The van der Waals surface area contributed by atoms with Crippen LogP contribution in [0.1, 0.15) is 5.56 Å². The summed E-state index contributed by atoms with van der Waals surface area (Å²) in [6, 6.07) is 9.11. The normalized spacial score (nSPS) is 12.5. The molecule has 0 aliphatic carbocycles. The number of hydrogen-bond acceptors (Lipinski definition) is 8. The highest BCUT2D eigenvalue weighted by Crippen LogP contribution is 2.36. The highest BCUT2D eigenvalue weighted by atomic mass is 16.6. The SMILES string of the molecule is C=CC(=O)OCC(O)COc1cc(C)c(OCC(O)COC(=O)C=C)c2ccccc12. The summed E-state index contributed by atoms with van der Waals surface area (Å²) in [4.78, 5) is 22.2. The van der Waals surface area contributed by atoms with Crippen LogP contribution >= 0.6 is 0 Å². The Labute approximate surface area is 180 Å². The van der Waals surface area contributed by atoms with E-state index in [0.29, 0.717) is 11.5 Å². The number of aryl methyl sites for hydroxylation is 1. The first-order valence-corrected chi connectivity index (χ1v) is 9.58. The van der Waals surface area contributed by atoms with Crippen LogP contribution < -0.4 is 9.47 Å². The molecule has 31 heavy (non-hydrogen) atoms. The third-order valence-corrected chi connectivity index (χ3v) is 4.16. The summed E-state index contributed by atoms with van der Waals surface area (Å²) in [7, 11) is 0. The number of hydrogen-bond donors (Lipinski definition) is 2. The first-order valence-electron chi connectivity index (χ1n) is 9.58. The second-order valence-corrected chi connectivity index (χ2v) is 6.66. The third-order valence-electron chi connectivity index (χ3n) is 4.16. The molecule has 2 atom stereocenters. The Morgan fingerprint density at radius 2 is 1.42 bits per heavy atom. The molecule has 0 saturated heterocycles. The minimum absolute atomic E-state index is 0.0805. The Bertz CT molecular complexity index is 937. The number of carbonyl (C=O) groups is 2. The van der Waals surface area contributed by atoms with Gasteiger partial charge < -0.3 is 29.2 Å². The van der Waals surface area contributed by atoms with E-state index in [4.69, 9.17) is 18.9 Å². The zero-order valence-electron chi connectivity index (χ0n) is 17.3. The van der Waals surface area contributed by atoms with Gasteiger partial charge in [0.25, 0.3) is 0 Å². The second kappa shape index (κ2) is 11.7. The van der Waals surface area contributed by atoms with Gasteiger partial charge >= 0.3 is 11.9 Å². The molecule has 0 bridgehead atoms. The van der Waals surface area contributed by atoms with Gasteiger partial charge in [0.2, 0.25) is 0 Å². The van der Waals surface area contributed by atoms with E-state index in [9.17, 15) is 19.8 Å². The molecule has 0 aliphatic heterocycles. The lowest BCUT2D eigenvalue weighted by atomic mass is 10.0. The van der Waals surface area contributed by atoms with Gasteiger partial charge in [-0.25, -0.2) is 9.59 Å². The van der Waals surface area contributed by atoms with Gasteiger partial charge in [0.15, 0.2) is 0 Å². The van der Waals surface area contributed by atoms with E-state index in [-0.39, 0.29) is 26.4 Å². The van der Waals surface area contributed by atoms with E-state index in [2.05, 4.69) is 13.2 Å². The maximum atomic E-state index is 11.1. The fourth-order valence-corrected chi connectivity index (χ4v) is 2.70. The van der Waals surface area contributed by atoms with Crippen molar-refractivity contribution in [1.82, 2.24) is 0 Å². The topological polar surface area (TPSA) is 112 Å². The van der Waals surface area contributed by atoms with E-state index in [1.54, 1.807) is 6.07 Å². The van der Waals surface area contributed by atoms with E-state index in [0.717, 1.165) is 28.5 Å². The Kier molecular flexibility index (Phi) is 9.05. The van der Waals surface area contributed by atoms with Gasteiger partial charge in [-0.2, -0.15) is 0 Å². The summed E-state index contributed by atoms with van der Waals surface area (Å²) in [5, 5.41) is 21.5. The molecule has 0 aliphatic rings. The van der Waals surface area contributed by atoms with Gasteiger partial charge in [-0.3, -0.25) is 0 Å². The lowest BCUT2D eigenvalue weighted by Gasteiger charge is -2.19. The summed E-state index contributed by atoms with van der Waals surface area (Å²) >= 11 is 0. The molecule has 0 amide bonds. The molecular formula is C23H26O8. The van der Waals surface area contributed by atoms with Crippen LogP contribution in [0.25, 0.3) is 10.8 Å². The van der Waals surface area contributed by atoms with E-state index >= 15 is 0 Å². The molecule has 8 nitrogen and oxygen atoms in total. The smallest absolute Gasteiger partial charge is 0.330 e. The number of aliphatic hydroxyl groups excluding tert-OH is 2. The molecule has 2 aromatic rings. The lowest BCUT2D eigenvalue weighted by molar-refractivity contribution is -0.142. The van der Waals surface area contributed by atoms with Crippen molar-refractivity contribution in [1.29, 1.82) is 0 Å². The van der Waals surface area contributed by atoms with Crippen LogP contribution in [0.15, 0.2) is 55.6 Å². The molecule has 0 spiro atoms. The minimum Gasteiger partial charge on any atom is -0.490 e. The highest BCUT2D eigenvalue weighted by Gasteiger charge is 2.16. The Morgan fingerprint density at radius 3 is 1.97 bits per heavy atom. The van der Waals surface area contributed by atoms with Crippen molar-refractivity contribution in [2.24, 2.45) is 0 Å². The third kappa shape index (κ3) is 7.13. The van der Waals surface area contributed by atoms with E-state index in [1.165, 1.54) is 0 Å². The molecule has 0 aromatic heterocycles. The van der Waals surface area contributed by atoms with E-state index in [1.807, 2.05) is 31.2 Å². The Morgan fingerprint density at radius 1 is 0.903 bits per heavy atom. The van der Waals surface area contributed by atoms with Crippen LogP contribution in [0.5, 0.6) is 11.5 Å². The minimum atomic E-state index is -1.01. The Balaban J connectivity index is 2.09. The average Bonchev–Trinajstić information content (AvgIpc) is 2.78. The molecule has 0 radical (unpaired) electrons. The summed E-state index contributed by atoms with van der Waals surface area (Å²) in [5.74, 6) is -0.167. The second-order valence-electron chi connectivity index (χ2n) is 6.66. The van der Waals surface area contributed by atoms with Gasteiger partial charge in [-0.05, 0) is 18.6 Å². The number of aliphatic hydroxyl groups is 2. The molecule has 0 heterocycles. The van der Waals surface area contributed by atoms with Crippen LogP contribution in [0.4, 0.5) is 0 Å². The number of esters is 2. The van der Waals surface area contributed by atoms with Crippen LogP contribution in [-0.4, -0.2) is 60.8 Å².